The van der Waals surface area contributed by atoms with Gasteiger partial charge in [0.15, 0.2) is 0 Å². The highest BCUT2D eigenvalue weighted by Crippen LogP contribution is 2.04. The molecule has 0 unspecified atom stereocenters. The van der Waals surface area contributed by atoms with Crippen LogP contribution in [0, 0.1) is 6.92 Å². The second-order valence-corrected chi connectivity index (χ2v) is 3.75. The number of nitrogens with zero attached hydrogens (tertiary/aromatic N) is 4. The van der Waals surface area contributed by atoms with Gasteiger partial charge in [-0.25, -0.2) is 0 Å². The number of pyridine rings is 1. The van der Waals surface area contributed by atoms with Crippen molar-refractivity contribution in [2.75, 3.05) is 0 Å². The minimum absolute atomic E-state index is 0.769. The maximum absolute atomic E-state index is 4.07. The number of nitrogens with one attached hydrogen (secondary N) is 1. The first kappa shape index (κ1) is 10.8. The van der Waals surface area contributed by atoms with Crippen LogP contribution in [0.15, 0.2) is 24.7 Å². The minimum Gasteiger partial charge on any atom is -0.307 e. The first-order valence-corrected chi connectivity index (χ1v) is 5.21. The topological polar surface area (TPSA) is 55.6 Å². The summed E-state index contributed by atoms with van der Waals surface area (Å²) >= 11 is 0. The molecule has 0 aliphatic heterocycles. The molecular formula is C11H15N5. The van der Waals surface area contributed by atoms with Crippen LogP contribution >= 0.6 is 0 Å². The first-order valence-electron chi connectivity index (χ1n) is 5.21. The average Bonchev–Trinajstić information content (AvgIpc) is 2.67. The summed E-state index contributed by atoms with van der Waals surface area (Å²) in [6.45, 7) is 3.67. The lowest BCUT2D eigenvalue weighted by Crippen LogP contribution is -2.15. The SMILES string of the molecule is Cc1cnccc1CNCc1cnnn1C. The van der Waals surface area contributed by atoms with Gasteiger partial charge in [0.25, 0.3) is 0 Å². The van der Waals surface area contributed by atoms with E-state index in [1.54, 1.807) is 10.9 Å². The van der Waals surface area contributed by atoms with E-state index in [0.29, 0.717) is 0 Å². The van der Waals surface area contributed by atoms with Crippen molar-refractivity contribution in [3.8, 4) is 0 Å². The van der Waals surface area contributed by atoms with Gasteiger partial charge in [-0.3, -0.25) is 9.67 Å². The standard InChI is InChI=1S/C11H15N5/c1-9-5-12-4-3-10(9)6-13-7-11-8-14-15-16(11)2/h3-5,8,13H,6-7H2,1-2H3. The highest BCUT2D eigenvalue weighted by molar-refractivity contribution is 5.21. The van der Waals surface area contributed by atoms with E-state index in [1.165, 1.54) is 11.1 Å². The van der Waals surface area contributed by atoms with Crippen molar-refractivity contribution < 1.29 is 0 Å². The normalized spacial score (nSPS) is 10.6. The van der Waals surface area contributed by atoms with Crippen molar-refractivity contribution in [2.24, 2.45) is 7.05 Å². The maximum atomic E-state index is 4.07. The van der Waals surface area contributed by atoms with Crippen molar-refractivity contribution >= 4 is 0 Å². The quantitative estimate of drug-likeness (QED) is 0.823. The molecule has 2 aromatic heterocycles. The van der Waals surface area contributed by atoms with Gasteiger partial charge < -0.3 is 5.32 Å². The number of aryl methyl sites for hydroxylation is 2. The fraction of sp³-hybridized carbons (Fsp3) is 0.364. The van der Waals surface area contributed by atoms with Gasteiger partial charge in [-0.2, -0.15) is 0 Å². The van der Waals surface area contributed by atoms with Crippen LogP contribution in [0.2, 0.25) is 0 Å². The largest absolute Gasteiger partial charge is 0.307 e. The molecule has 1 N–H and O–H groups in total. The fourth-order valence-corrected chi connectivity index (χ4v) is 1.50. The van der Waals surface area contributed by atoms with Crippen molar-refractivity contribution in [3.05, 3.63) is 41.5 Å². The molecule has 5 heteroatoms. The average molecular weight is 217 g/mol. The van der Waals surface area contributed by atoms with E-state index in [-0.39, 0.29) is 0 Å². The second-order valence-electron chi connectivity index (χ2n) is 3.75. The van der Waals surface area contributed by atoms with Gasteiger partial charge in [-0.1, -0.05) is 5.21 Å². The summed E-state index contributed by atoms with van der Waals surface area (Å²) in [5.74, 6) is 0. The van der Waals surface area contributed by atoms with E-state index < -0.39 is 0 Å². The lowest BCUT2D eigenvalue weighted by molar-refractivity contribution is 0.615. The van der Waals surface area contributed by atoms with Gasteiger partial charge in [0.05, 0.1) is 11.9 Å². The Morgan fingerprint density at radius 3 is 2.88 bits per heavy atom. The summed E-state index contributed by atoms with van der Waals surface area (Å²) in [5.41, 5.74) is 3.55. The van der Waals surface area contributed by atoms with Gasteiger partial charge >= 0.3 is 0 Å². The summed E-state index contributed by atoms with van der Waals surface area (Å²) in [7, 11) is 1.89. The van der Waals surface area contributed by atoms with Gasteiger partial charge in [-0.15, -0.1) is 5.10 Å². The molecule has 0 spiro atoms. The van der Waals surface area contributed by atoms with E-state index in [0.717, 1.165) is 18.8 Å². The molecule has 0 atom stereocenters. The zero-order chi connectivity index (χ0) is 11.4. The van der Waals surface area contributed by atoms with E-state index in [4.69, 9.17) is 0 Å². The Morgan fingerprint density at radius 1 is 1.31 bits per heavy atom. The van der Waals surface area contributed by atoms with E-state index in [2.05, 4.69) is 27.5 Å². The molecule has 0 aliphatic carbocycles. The Kier molecular flexibility index (Phi) is 3.26. The lowest BCUT2D eigenvalue weighted by Gasteiger charge is -2.06. The molecule has 0 fully saturated rings. The van der Waals surface area contributed by atoms with Crippen molar-refractivity contribution in [3.63, 3.8) is 0 Å². The third-order valence-electron chi connectivity index (χ3n) is 2.57. The second kappa shape index (κ2) is 4.85. The summed E-state index contributed by atoms with van der Waals surface area (Å²) < 4.78 is 1.77. The van der Waals surface area contributed by atoms with Crippen LogP contribution in [0.5, 0.6) is 0 Å². The molecule has 0 radical (unpaired) electrons. The van der Waals surface area contributed by atoms with Crippen LogP contribution in [-0.2, 0) is 20.1 Å². The van der Waals surface area contributed by atoms with E-state index in [9.17, 15) is 0 Å². The number of rotatable bonds is 4. The molecule has 0 amide bonds. The molecule has 0 aromatic carbocycles. The van der Waals surface area contributed by atoms with Crippen molar-refractivity contribution in [2.45, 2.75) is 20.0 Å². The maximum Gasteiger partial charge on any atom is 0.0738 e. The molecule has 5 nitrogen and oxygen atoms in total. The van der Waals surface area contributed by atoms with Gasteiger partial charge in [0, 0.05) is 32.5 Å². The molecule has 2 rings (SSSR count). The summed E-state index contributed by atoms with van der Waals surface area (Å²) in [6.07, 6.45) is 5.46. The summed E-state index contributed by atoms with van der Waals surface area (Å²) in [6, 6.07) is 2.03. The van der Waals surface area contributed by atoms with Crippen molar-refractivity contribution in [1.82, 2.24) is 25.3 Å². The Balaban J connectivity index is 1.89. The zero-order valence-corrected chi connectivity index (χ0v) is 9.51. The predicted molar refractivity (Wildman–Crippen MR) is 60.5 cm³/mol. The molecule has 2 aromatic rings. The Hall–Kier alpha value is -1.75. The molecule has 0 saturated heterocycles. The monoisotopic (exact) mass is 217 g/mol. The van der Waals surface area contributed by atoms with Crippen LogP contribution in [0.4, 0.5) is 0 Å². The Morgan fingerprint density at radius 2 is 2.19 bits per heavy atom. The fourth-order valence-electron chi connectivity index (χ4n) is 1.50. The van der Waals surface area contributed by atoms with Crippen molar-refractivity contribution in [1.29, 1.82) is 0 Å². The van der Waals surface area contributed by atoms with E-state index >= 15 is 0 Å². The number of hydrogen-bond donors (Lipinski definition) is 1. The molecule has 16 heavy (non-hydrogen) atoms. The van der Waals surface area contributed by atoms with E-state index in [1.807, 2.05) is 25.5 Å². The molecule has 0 bridgehead atoms. The van der Waals surface area contributed by atoms with Gasteiger partial charge in [-0.05, 0) is 24.1 Å². The minimum atomic E-state index is 0.769. The number of aromatic nitrogens is 4. The van der Waals surface area contributed by atoms with Crippen LogP contribution < -0.4 is 5.32 Å². The molecular weight excluding hydrogens is 202 g/mol. The van der Waals surface area contributed by atoms with Crippen LogP contribution in [-0.4, -0.2) is 20.0 Å². The molecule has 84 valence electrons. The lowest BCUT2D eigenvalue weighted by atomic mass is 10.1. The van der Waals surface area contributed by atoms with Crippen LogP contribution in [0.1, 0.15) is 16.8 Å². The summed E-state index contributed by atoms with van der Waals surface area (Å²) in [5, 5.41) is 11.1. The van der Waals surface area contributed by atoms with Crippen LogP contribution in [0.25, 0.3) is 0 Å². The first-order chi connectivity index (χ1) is 7.77. The Bertz CT molecular complexity index is 463. The van der Waals surface area contributed by atoms with Gasteiger partial charge in [0.1, 0.15) is 0 Å². The molecule has 2 heterocycles. The third kappa shape index (κ3) is 2.43. The highest BCUT2D eigenvalue weighted by Gasteiger charge is 2.00. The van der Waals surface area contributed by atoms with Crippen LogP contribution in [0.3, 0.4) is 0 Å². The molecule has 0 aliphatic rings. The Labute approximate surface area is 94.5 Å². The smallest absolute Gasteiger partial charge is 0.0738 e. The predicted octanol–water partition coefficient (Wildman–Crippen LogP) is 0.808. The molecule has 0 saturated carbocycles. The number of hydrogen-bond acceptors (Lipinski definition) is 4. The third-order valence-corrected chi connectivity index (χ3v) is 2.57. The zero-order valence-electron chi connectivity index (χ0n) is 9.51. The highest BCUT2D eigenvalue weighted by atomic mass is 15.4. The summed E-state index contributed by atoms with van der Waals surface area (Å²) in [4.78, 5) is 4.07. The van der Waals surface area contributed by atoms with Gasteiger partial charge in [0.2, 0.25) is 0 Å².